The van der Waals surface area contributed by atoms with Gasteiger partial charge in [0.25, 0.3) is 0 Å². The van der Waals surface area contributed by atoms with Gasteiger partial charge in [-0.25, -0.2) is 4.98 Å². The van der Waals surface area contributed by atoms with Crippen LogP contribution >= 0.6 is 11.8 Å². The van der Waals surface area contributed by atoms with Gasteiger partial charge in [0.2, 0.25) is 5.95 Å². The summed E-state index contributed by atoms with van der Waals surface area (Å²) < 4.78 is 0. The normalized spacial score (nSPS) is 17.9. The van der Waals surface area contributed by atoms with Gasteiger partial charge in [-0.2, -0.15) is 4.98 Å². The molecule has 0 amide bonds. The molecule has 0 atom stereocenters. The highest BCUT2D eigenvalue weighted by atomic mass is 32.2. The first-order valence-electron chi connectivity index (χ1n) is 12.7. The first kappa shape index (κ1) is 23.7. The highest BCUT2D eigenvalue weighted by molar-refractivity contribution is 7.99. The molecule has 1 fully saturated rings. The van der Waals surface area contributed by atoms with Crippen LogP contribution in [0.15, 0.2) is 77.7 Å². The van der Waals surface area contributed by atoms with Gasteiger partial charge in [-0.3, -0.25) is 0 Å². The Kier molecular flexibility index (Phi) is 7.53. The van der Waals surface area contributed by atoms with Crippen molar-refractivity contribution in [3.05, 3.63) is 78.4 Å². The Morgan fingerprint density at radius 2 is 1.51 bits per heavy atom. The first-order valence-corrected chi connectivity index (χ1v) is 13.7. The lowest BCUT2D eigenvalue weighted by Gasteiger charge is -2.28. The smallest absolute Gasteiger partial charge is 0.225 e. The van der Waals surface area contributed by atoms with Crippen LogP contribution in [0.3, 0.4) is 0 Å². The molecule has 0 spiro atoms. The predicted octanol–water partition coefficient (Wildman–Crippen LogP) is 7.66. The maximum absolute atomic E-state index is 4.90. The molecule has 1 saturated carbocycles. The second kappa shape index (κ2) is 11.1. The highest BCUT2D eigenvalue weighted by Crippen LogP contribution is 2.35. The number of hydrogen-bond acceptors (Lipinski definition) is 5. The minimum atomic E-state index is 0.684. The molecule has 3 aromatic carbocycles. The molecule has 1 aromatic heterocycles. The molecule has 180 valence electrons. The predicted molar refractivity (Wildman–Crippen MR) is 150 cm³/mol. The van der Waals surface area contributed by atoms with Gasteiger partial charge in [0.05, 0.1) is 10.9 Å². The highest BCUT2D eigenvalue weighted by Gasteiger charge is 2.22. The van der Waals surface area contributed by atoms with Gasteiger partial charge in [0.15, 0.2) is 0 Å². The van der Waals surface area contributed by atoms with Crippen molar-refractivity contribution in [2.24, 2.45) is 11.8 Å². The minimum Gasteiger partial charge on any atom is -0.372 e. The number of nitrogens with zero attached hydrogens (tertiary/aromatic N) is 2. The lowest BCUT2D eigenvalue weighted by atomic mass is 9.83. The van der Waals surface area contributed by atoms with E-state index in [1.54, 1.807) is 0 Å². The summed E-state index contributed by atoms with van der Waals surface area (Å²) in [6.45, 7) is 3.09. The van der Waals surface area contributed by atoms with E-state index < -0.39 is 0 Å². The summed E-state index contributed by atoms with van der Waals surface area (Å²) in [5.74, 6) is 4.32. The van der Waals surface area contributed by atoms with Crippen LogP contribution in [0.5, 0.6) is 0 Å². The van der Waals surface area contributed by atoms with Crippen molar-refractivity contribution in [2.75, 3.05) is 30.0 Å². The van der Waals surface area contributed by atoms with E-state index in [1.165, 1.54) is 53.0 Å². The van der Waals surface area contributed by atoms with Crippen LogP contribution in [0.2, 0.25) is 0 Å². The zero-order valence-electron chi connectivity index (χ0n) is 20.6. The van der Waals surface area contributed by atoms with Crippen LogP contribution in [0, 0.1) is 18.8 Å². The fourth-order valence-electron chi connectivity index (χ4n) is 5.11. The zero-order valence-corrected chi connectivity index (χ0v) is 21.4. The summed E-state index contributed by atoms with van der Waals surface area (Å²) in [5, 5.41) is 7.95. The molecule has 1 heterocycles. The molecule has 5 rings (SSSR count). The quantitative estimate of drug-likeness (QED) is 0.253. The number of anilines is 2. The molecule has 4 nitrogen and oxygen atoms in total. The van der Waals surface area contributed by atoms with Gasteiger partial charge in [-0.1, -0.05) is 54.6 Å². The zero-order chi connectivity index (χ0) is 24.0. The largest absolute Gasteiger partial charge is 0.372 e. The Morgan fingerprint density at radius 1 is 0.800 bits per heavy atom. The van der Waals surface area contributed by atoms with Crippen LogP contribution in [0.4, 0.5) is 11.8 Å². The van der Waals surface area contributed by atoms with Gasteiger partial charge in [-0.05, 0) is 79.3 Å². The average Bonchev–Trinajstić information content (AvgIpc) is 2.91. The van der Waals surface area contributed by atoms with E-state index in [0.29, 0.717) is 11.9 Å². The topological polar surface area (TPSA) is 49.8 Å². The molecule has 4 aromatic rings. The summed E-state index contributed by atoms with van der Waals surface area (Å²) in [6.07, 6.45) is 5.17. The first-order chi connectivity index (χ1) is 17.2. The molecule has 0 saturated heterocycles. The average molecular weight is 483 g/mol. The van der Waals surface area contributed by atoms with Crippen molar-refractivity contribution < 1.29 is 0 Å². The van der Waals surface area contributed by atoms with Crippen molar-refractivity contribution in [3.63, 3.8) is 0 Å². The maximum atomic E-state index is 4.90. The number of nitrogens with one attached hydrogen (secondary N) is 2. The molecule has 1 aliphatic carbocycles. The fraction of sp³-hybridized carbons (Fsp3) is 0.333. The van der Waals surface area contributed by atoms with Crippen LogP contribution in [-0.4, -0.2) is 29.3 Å². The lowest BCUT2D eigenvalue weighted by molar-refractivity contribution is 0.304. The molecular weight excluding hydrogens is 448 g/mol. The van der Waals surface area contributed by atoms with Crippen molar-refractivity contribution in [2.45, 2.75) is 37.5 Å². The van der Waals surface area contributed by atoms with Gasteiger partial charge >= 0.3 is 0 Å². The Balaban J connectivity index is 1.23. The Labute approximate surface area is 213 Å². The third-order valence-corrected chi connectivity index (χ3v) is 8.38. The van der Waals surface area contributed by atoms with Crippen molar-refractivity contribution >= 4 is 34.4 Å². The van der Waals surface area contributed by atoms with E-state index in [4.69, 9.17) is 9.97 Å². The molecule has 2 N–H and O–H groups in total. The van der Waals surface area contributed by atoms with Crippen LogP contribution in [-0.2, 0) is 0 Å². The van der Waals surface area contributed by atoms with Crippen LogP contribution < -0.4 is 10.6 Å². The second-order valence-corrected chi connectivity index (χ2v) is 10.6. The summed E-state index contributed by atoms with van der Waals surface area (Å²) in [6, 6.07) is 25.6. The van der Waals surface area contributed by atoms with Crippen LogP contribution in [0.25, 0.3) is 22.0 Å². The number of aromatic nitrogens is 2. The summed E-state index contributed by atoms with van der Waals surface area (Å²) >= 11 is 2.00. The number of thioether (sulfide) groups is 1. The second-order valence-electron chi connectivity index (χ2n) is 9.55. The van der Waals surface area contributed by atoms with E-state index in [9.17, 15) is 0 Å². The molecule has 0 aliphatic heterocycles. The molecular formula is C30H34N4S. The maximum Gasteiger partial charge on any atom is 0.225 e. The van der Waals surface area contributed by atoms with E-state index in [2.05, 4.69) is 90.4 Å². The van der Waals surface area contributed by atoms with E-state index in [1.807, 2.05) is 18.8 Å². The summed E-state index contributed by atoms with van der Waals surface area (Å²) in [4.78, 5) is 11.1. The fourth-order valence-corrected chi connectivity index (χ4v) is 6.22. The number of hydrogen-bond donors (Lipinski definition) is 2. The molecule has 0 radical (unpaired) electrons. The van der Waals surface area contributed by atoms with Crippen LogP contribution in [0.1, 0.15) is 31.2 Å². The van der Waals surface area contributed by atoms with Gasteiger partial charge in [0, 0.05) is 24.2 Å². The molecule has 5 heteroatoms. The van der Waals surface area contributed by atoms with E-state index in [-0.39, 0.29) is 0 Å². The SMILES string of the molecule is CNc1nc(NCC2CCC(CSc3ccccc3)CC2)nc2cccc(-c3ccccc3C)c12. The Bertz CT molecular complexity index is 1270. The van der Waals surface area contributed by atoms with Crippen molar-refractivity contribution in [1.82, 2.24) is 9.97 Å². The minimum absolute atomic E-state index is 0.684. The number of fused-ring (bicyclic) bond motifs is 1. The van der Waals surface area contributed by atoms with Crippen molar-refractivity contribution in [3.8, 4) is 11.1 Å². The number of rotatable bonds is 8. The third-order valence-electron chi connectivity index (χ3n) is 7.14. The van der Waals surface area contributed by atoms with Gasteiger partial charge in [-0.15, -0.1) is 11.8 Å². The van der Waals surface area contributed by atoms with Gasteiger partial charge < -0.3 is 10.6 Å². The molecule has 0 unspecified atom stereocenters. The third kappa shape index (κ3) is 5.62. The number of aryl methyl sites for hydroxylation is 1. The standard InChI is InChI=1S/C30H34N4S/c1-21-9-6-7-12-25(21)26-13-8-14-27-28(26)29(31-2)34-30(33-27)32-19-22-15-17-23(18-16-22)20-35-24-10-4-3-5-11-24/h3-14,22-23H,15-20H2,1-2H3,(H2,31,32,33,34). The molecule has 1 aliphatic rings. The monoisotopic (exact) mass is 482 g/mol. The Hall–Kier alpha value is -3.05. The van der Waals surface area contributed by atoms with E-state index >= 15 is 0 Å². The number of benzene rings is 3. The summed E-state index contributed by atoms with van der Waals surface area (Å²) in [7, 11) is 1.94. The lowest BCUT2D eigenvalue weighted by Crippen LogP contribution is -2.23. The molecule has 35 heavy (non-hydrogen) atoms. The Morgan fingerprint density at radius 3 is 2.29 bits per heavy atom. The van der Waals surface area contributed by atoms with Gasteiger partial charge in [0.1, 0.15) is 5.82 Å². The molecule has 0 bridgehead atoms. The van der Waals surface area contributed by atoms with Crippen molar-refractivity contribution in [1.29, 1.82) is 0 Å². The van der Waals surface area contributed by atoms with E-state index in [0.717, 1.165) is 29.2 Å². The summed E-state index contributed by atoms with van der Waals surface area (Å²) in [5.41, 5.74) is 4.61.